The quantitative estimate of drug-likeness (QED) is 0.410. The van der Waals surface area contributed by atoms with Gasteiger partial charge in [-0.3, -0.25) is 0 Å². The first kappa shape index (κ1) is 17.7. The second-order valence-electron chi connectivity index (χ2n) is 1.28. The Morgan fingerprint density at radius 1 is 1.58 bits per heavy atom. The standard InChI is InChI=1S/C5H4O4.Ca.2H2O/c6-5(7)9-4-2-1-3-8-4;;;/h1-3H,(H,6,7);;2*1H2/q;+2;;/p-2. The van der Waals surface area contributed by atoms with Crippen molar-refractivity contribution in [2.45, 2.75) is 0 Å². The van der Waals surface area contributed by atoms with Gasteiger partial charge in [0.2, 0.25) is 5.95 Å². The molecule has 3 N–H and O–H groups in total. The van der Waals surface area contributed by atoms with Crippen molar-refractivity contribution in [1.29, 1.82) is 0 Å². The Hall–Kier alpha value is -0.270. The van der Waals surface area contributed by atoms with E-state index < -0.39 is 6.16 Å². The van der Waals surface area contributed by atoms with E-state index in [-0.39, 0.29) is 54.6 Å². The number of ether oxygens (including phenoxy) is 1. The molecule has 0 radical (unpaired) electrons. The van der Waals surface area contributed by atoms with Gasteiger partial charge in [-0.25, -0.2) is 0 Å². The Bertz CT molecular complexity index is 196. The number of hydrogen-bond donors (Lipinski definition) is 0. The van der Waals surface area contributed by atoms with Gasteiger partial charge in [-0.05, 0) is 6.07 Å². The van der Waals surface area contributed by atoms with Crippen LogP contribution in [0.2, 0.25) is 0 Å². The molecule has 1 aromatic rings. The van der Waals surface area contributed by atoms with Gasteiger partial charge in [0, 0.05) is 6.07 Å². The zero-order chi connectivity index (χ0) is 6.69. The first-order valence-corrected chi connectivity index (χ1v) is 2.21. The van der Waals surface area contributed by atoms with Crippen LogP contribution in [0.1, 0.15) is 0 Å². The van der Waals surface area contributed by atoms with Crippen LogP contribution < -0.4 is 9.84 Å². The van der Waals surface area contributed by atoms with E-state index in [9.17, 15) is 9.90 Å². The van der Waals surface area contributed by atoms with Gasteiger partial charge in [0.15, 0.2) is 0 Å². The van der Waals surface area contributed by atoms with Crippen molar-refractivity contribution in [3.8, 4) is 5.95 Å². The molecule has 0 saturated carbocycles. The van der Waals surface area contributed by atoms with Gasteiger partial charge in [-0.1, -0.05) is 0 Å². The minimum Gasteiger partial charge on any atom is -0.870 e. The van der Waals surface area contributed by atoms with E-state index in [1.54, 1.807) is 0 Å². The van der Waals surface area contributed by atoms with E-state index in [1.807, 2.05) is 0 Å². The Labute approximate surface area is 97.7 Å². The molecule has 0 amide bonds. The van der Waals surface area contributed by atoms with E-state index in [2.05, 4.69) is 9.15 Å². The molecule has 64 valence electrons. The zero-order valence-corrected chi connectivity index (χ0v) is 8.23. The minimum atomic E-state index is -1.62. The second-order valence-corrected chi connectivity index (χ2v) is 1.28. The molecule has 0 aromatic carbocycles. The summed E-state index contributed by atoms with van der Waals surface area (Å²) in [6.45, 7) is 0. The SMILES string of the molecule is O.O=C([O-])Oc1ccco1.[Ca+2].[OH-]. The molecule has 1 aromatic heterocycles. The fourth-order valence-electron chi connectivity index (χ4n) is 0.404. The van der Waals surface area contributed by atoms with E-state index in [1.165, 1.54) is 18.4 Å². The molecule has 0 atom stereocenters. The van der Waals surface area contributed by atoms with Gasteiger partial charge in [0.25, 0.3) is 6.16 Å². The Balaban J connectivity index is -0.000000270. The Morgan fingerprint density at radius 2 is 2.17 bits per heavy atom. The molecule has 0 aliphatic heterocycles. The van der Waals surface area contributed by atoms with Gasteiger partial charge >= 0.3 is 37.7 Å². The molecule has 0 spiro atoms. The van der Waals surface area contributed by atoms with Crippen LogP contribution in [-0.2, 0) is 0 Å². The summed E-state index contributed by atoms with van der Waals surface area (Å²) < 4.78 is 8.49. The third-order valence-corrected chi connectivity index (χ3v) is 0.679. The number of carbonyl (C=O) groups is 1. The summed E-state index contributed by atoms with van der Waals surface area (Å²) >= 11 is 0. The fourth-order valence-corrected chi connectivity index (χ4v) is 0.404. The van der Waals surface area contributed by atoms with Crippen LogP contribution in [-0.4, -0.2) is 54.8 Å². The maximum Gasteiger partial charge on any atom is 2.00 e. The van der Waals surface area contributed by atoms with Crippen LogP contribution in [0.15, 0.2) is 22.8 Å². The zero-order valence-electron chi connectivity index (χ0n) is 6.02. The van der Waals surface area contributed by atoms with Crippen molar-refractivity contribution in [2.24, 2.45) is 0 Å². The molecule has 0 bridgehead atoms. The topological polar surface area (TPSA) is 124 Å². The molecule has 0 unspecified atom stereocenters. The van der Waals surface area contributed by atoms with E-state index in [0.29, 0.717) is 0 Å². The number of carbonyl (C=O) groups excluding carboxylic acids is 1. The van der Waals surface area contributed by atoms with Crippen LogP contribution >= 0.6 is 0 Å². The van der Waals surface area contributed by atoms with Gasteiger partial charge in [0.1, 0.15) is 0 Å². The Morgan fingerprint density at radius 3 is 2.50 bits per heavy atom. The average molecular weight is 202 g/mol. The summed E-state index contributed by atoms with van der Waals surface area (Å²) in [5, 5.41) is 9.67. The summed E-state index contributed by atoms with van der Waals surface area (Å²) in [5.41, 5.74) is 0. The van der Waals surface area contributed by atoms with Crippen LogP contribution in [0.25, 0.3) is 0 Å². The van der Waals surface area contributed by atoms with Crippen LogP contribution in [0.5, 0.6) is 5.95 Å². The van der Waals surface area contributed by atoms with Crippen LogP contribution in [0, 0.1) is 0 Å². The van der Waals surface area contributed by atoms with E-state index >= 15 is 0 Å². The molecule has 1 heterocycles. The van der Waals surface area contributed by atoms with E-state index in [0.717, 1.165) is 0 Å². The van der Waals surface area contributed by atoms with Crippen molar-refractivity contribution in [1.82, 2.24) is 0 Å². The summed E-state index contributed by atoms with van der Waals surface area (Å²) in [5.74, 6) is -0.0741. The predicted octanol–water partition coefficient (Wildman–Crippen LogP) is -1.38. The fraction of sp³-hybridized carbons (Fsp3) is 0. The summed E-state index contributed by atoms with van der Waals surface area (Å²) in [6, 6.07) is 2.88. The first-order valence-electron chi connectivity index (χ1n) is 2.21. The van der Waals surface area contributed by atoms with Gasteiger partial charge < -0.3 is 30.0 Å². The van der Waals surface area contributed by atoms with Gasteiger partial charge in [-0.2, -0.15) is 0 Å². The molecular weight excluding hydrogens is 196 g/mol. The first-order chi connectivity index (χ1) is 4.29. The van der Waals surface area contributed by atoms with Crippen molar-refractivity contribution in [2.75, 3.05) is 0 Å². The smallest absolute Gasteiger partial charge is 0.870 e. The van der Waals surface area contributed by atoms with Crippen molar-refractivity contribution in [3.63, 3.8) is 0 Å². The molecule has 1 rings (SSSR count). The molecule has 0 fully saturated rings. The number of rotatable bonds is 1. The maximum absolute atomic E-state index is 9.67. The monoisotopic (exact) mass is 202 g/mol. The molecule has 12 heavy (non-hydrogen) atoms. The second kappa shape index (κ2) is 8.82. The summed E-state index contributed by atoms with van der Waals surface area (Å²) in [4.78, 5) is 9.67. The average Bonchev–Trinajstić information content (AvgIpc) is 2.15. The predicted molar refractivity (Wildman–Crippen MR) is 36.0 cm³/mol. The molecule has 6 nitrogen and oxygen atoms in total. The largest absolute Gasteiger partial charge is 2.00 e. The van der Waals surface area contributed by atoms with Crippen molar-refractivity contribution < 1.29 is 30.0 Å². The maximum atomic E-state index is 9.67. The summed E-state index contributed by atoms with van der Waals surface area (Å²) in [6.07, 6.45) is -0.317. The number of hydrogen-bond acceptors (Lipinski definition) is 5. The normalized spacial score (nSPS) is 6.67. The van der Waals surface area contributed by atoms with Crippen molar-refractivity contribution in [3.05, 3.63) is 18.4 Å². The van der Waals surface area contributed by atoms with E-state index in [4.69, 9.17) is 0 Å². The minimum absolute atomic E-state index is 0. The molecule has 0 aliphatic rings. The van der Waals surface area contributed by atoms with Crippen LogP contribution in [0.3, 0.4) is 0 Å². The third kappa shape index (κ3) is 6.44. The number of carboxylic acid groups (broad SMARTS) is 1. The summed E-state index contributed by atoms with van der Waals surface area (Å²) in [7, 11) is 0. The molecule has 0 saturated heterocycles. The van der Waals surface area contributed by atoms with Crippen LogP contribution in [0.4, 0.5) is 4.79 Å². The van der Waals surface area contributed by atoms with Gasteiger partial charge in [-0.15, -0.1) is 0 Å². The third-order valence-electron chi connectivity index (χ3n) is 0.679. The Kier molecular flexibility index (Phi) is 13.0. The van der Waals surface area contributed by atoms with Gasteiger partial charge in [0.05, 0.1) is 6.26 Å². The van der Waals surface area contributed by atoms with Crippen molar-refractivity contribution >= 4 is 43.9 Å². The molecule has 0 aliphatic carbocycles. The number of furan rings is 1. The molecular formula is C5H6CaO6. The molecule has 7 heteroatoms.